The highest BCUT2D eigenvalue weighted by atomic mass is 32.2. The van der Waals surface area contributed by atoms with Crippen LogP contribution in [0.3, 0.4) is 0 Å². The van der Waals surface area contributed by atoms with E-state index >= 15 is 0 Å². The maximum absolute atomic E-state index is 12.1. The van der Waals surface area contributed by atoms with Crippen LogP contribution in [0.4, 0.5) is 5.69 Å². The zero-order chi connectivity index (χ0) is 20.3. The quantitative estimate of drug-likeness (QED) is 0.576. The molecular weight excluding hydrogens is 404 g/mol. The number of carbonyl (C=O) groups is 2. The minimum absolute atomic E-state index is 0.0434. The van der Waals surface area contributed by atoms with Crippen molar-refractivity contribution in [3.05, 3.63) is 47.7 Å². The topological polar surface area (TPSA) is 110 Å². The number of aromatic nitrogens is 2. The molecule has 0 aliphatic rings. The molecule has 11 heteroatoms. The highest BCUT2D eigenvalue weighted by Gasteiger charge is 2.18. The van der Waals surface area contributed by atoms with Crippen LogP contribution in [0, 0.1) is 0 Å². The molecule has 0 atom stereocenters. The molecule has 0 fully saturated rings. The zero-order valence-electron chi connectivity index (χ0n) is 15.2. The standard InChI is InChI=1S/C17H18N4O5S2/c1-20(2)28(24,25)14-5-3-4-12(8-14)18-15(22)11-26-16(23)9-13-10-21-6-7-27-17(21)19-13/h3-8,10H,9,11H2,1-2H3,(H,18,22). The lowest BCUT2D eigenvalue weighted by Gasteiger charge is -2.12. The number of hydrogen-bond donors (Lipinski definition) is 1. The largest absolute Gasteiger partial charge is 0.455 e. The SMILES string of the molecule is CN(C)S(=O)(=O)c1cccc(NC(=O)COC(=O)Cc2cn3ccsc3n2)c1. The predicted octanol–water partition coefficient (Wildman–Crippen LogP) is 1.37. The first-order valence-corrected chi connectivity index (χ1v) is 10.5. The lowest BCUT2D eigenvalue weighted by Crippen LogP contribution is -2.23. The summed E-state index contributed by atoms with van der Waals surface area (Å²) in [5.74, 6) is -1.15. The Morgan fingerprint density at radius 3 is 2.82 bits per heavy atom. The summed E-state index contributed by atoms with van der Waals surface area (Å²) in [5.41, 5.74) is 0.845. The van der Waals surface area contributed by atoms with Crippen LogP contribution in [-0.4, -0.2) is 54.7 Å². The molecule has 0 unspecified atom stereocenters. The van der Waals surface area contributed by atoms with Crippen LogP contribution in [0.5, 0.6) is 0 Å². The number of sulfonamides is 1. The van der Waals surface area contributed by atoms with E-state index in [-0.39, 0.29) is 11.3 Å². The van der Waals surface area contributed by atoms with Crippen molar-refractivity contribution in [1.82, 2.24) is 13.7 Å². The number of nitrogens with one attached hydrogen (secondary N) is 1. The first-order chi connectivity index (χ1) is 13.3. The van der Waals surface area contributed by atoms with Crippen LogP contribution < -0.4 is 5.32 Å². The predicted molar refractivity (Wildman–Crippen MR) is 104 cm³/mol. The molecular formula is C17H18N4O5S2. The summed E-state index contributed by atoms with van der Waals surface area (Å²) >= 11 is 1.45. The molecule has 0 saturated heterocycles. The summed E-state index contributed by atoms with van der Waals surface area (Å²) in [6, 6.07) is 5.84. The minimum Gasteiger partial charge on any atom is -0.455 e. The van der Waals surface area contributed by atoms with E-state index in [2.05, 4.69) is 10.3 Å². The van der Waals surface area contributed by atoms with E-state index in [1.54, 1.807) is 16.7 Å². The Kier molecular flexibility index (Phi) is 5.77. The number of hydrogen-bond acceptors (Lipinski definition) is 7. The fourth-order valence-electron chi connectivity index (χ4n) is 2.35. The third-order valence-electron chi connectivity index (χ3n) is 3.73. The summed E-state index contributed by atoms with van der Waals surface area (Å²) in [6.07, 6.45) is 3.52. The lowest BCUT2D eigenvalue weighted by atomic mass is 10.3. The first kappa shape index (κ1) is 20.0. The average molecular weight is 422 g/mol. The summed E-state index contributed by atoms with van der Waals surface area (Å²) in [4.78, 5) is 29.0. The van der Waals surface area contributed by atoms with Gasteiger partial charge in [0.15, 0.2) is 11.6 Å². The summed E-state index contributed by atoms with van der Waals surface area (Å²) < 4.78 is 32.1. The minimum atomic E-state index is -3.61. The van der Waals surface area contributed by atoms with Gasteiger partial charge in [-0.1, -0.05) is 6.07 Å². The number of benzene rings is 1. The molecule has 1 N–H and O–H groups in total. The van der Waals surface area contributed by atoms with Gasteiger partial charge in [0.25, 0.3) is 5.91 Å². The highest BCUT2D eigenvalue weighted by Crippen LogP contribution is 2.18. The van der Waals surface area contributed by atoms with Gasteiger partial charge in [-0.05, 0) is 18.2 Å². The van der Waals surface area contributed by atoms with E-state index < -0.39 is 28.5 Å². The van der Waals surface area contributed by atoms with Crippen LogP contribution in [0.1, 0.15) is 5.69 Å². The average Bonchev–Trinajstić information content (AvgIpc) is 3.21. The Morgan fingerprint density at radius 2 is 2.11 bits per heavy atom. The van der Waals surface area contributed by atoms with Crippen molar-refractivity contribution in [3.63, 3.8) is 0 Å². The first-order valence-electron chi connectivity index (χ1n) is 8.15. The number of fused-ring (bicyclic) bond motifs is 1. The molecule has 3 rings (SSSR count). The van der Waals surface area contributed by atoms with Gasteiger partial charge in [-0.15, -0.1) is 11.3 Å². The second-order valence-corrected chi connectivity index (χ2v) is 9.05. The van der Waals surface area contributed by atoms with Gasteiger partial charge >= 0.3 is 5.97 Å². The number of nitrogens with zero attached hydrogens (tertiary/aromatic N) is 3. The molecule has 0 aliphatic heterocycles. The molecule has 1 aromatic carbocycles. The molecule has 9 nitrogen and oxygen atoms in total. The van der Waals surface area contributed by atoms with Crippen molar-refractivity contribution in [1.29, 1.82) is 0 Å². The van der Waals surface area contributed by atoms with Crippen molar-refractivity contribution in [2.75, 3.05) is 26.0 Å². The van der Waals surface area contributed by atoms with E-state index in [0.29, 0.717) is 11.4 Å². The summed E-state index contributed by atoms with van der Waals surface area (Å²) in [6.45, 7) is -0.480. The molecule has 2 heterocycles. The maximum atomic E-state index is 12.1. The molecule has 2 aromatic heterocycles. The van der Waals surface area contributed by atoms with Gasteiger partial charge in [-0.25, -0.2) is 17.7 Å². The normalized spacial score (nSPS) is 11.7. The third-order valence-corrected chi connectivity index (χ3v) is 6.31. The van der Waals surface area contributed by atoms with Crippen LogP contribution in [0.15, 0.2) is 46.9 Å². The Hall–Kier alpha value is -2.76. The van der Waals surface area contributed by atoms with E-state index in [1.807, 2.05) is 11.6 Å². The molecule has 28 heavy (non-hydrogen) atoms. The Morgan fingerprint density at radius 1 is 1.32 bits per heavy atom. The zero-order valence-corrected chi connectivity index (χ0v) is 16.8. The fraction of sp³-hybridized carbons (Fsp3) is 0.235. The fourth-order valence-corrected chi connectivity index (χ4v) is 4.02. The van der Waals surface area contributed by atoms with E-state index in [0.717, 1.165) is 9.27 Å². The molecule has 0 spiro atoms. The van der Waals surface area contributed by atoms with Gasteiger partial charge < -0.3 is 10.1 Å². The van der Waals surface area contributed by atoms with Crippen molar-refractivity contribution in [3.8, 4) is 0 Å². The number of carbonyl (C=O) groups excluding carboxylic acids is 2. The Balaban J connectivity index is 1.54. The smallest absolute Gasteiger partial charge is 0.312 e. The highest BCUT2D eigenvalue weighted by molar-refractivity contribution is 7.89. The van der Waals surface area contributed by atoms with Crippen LogP contribution in [0.25, 0.3) is 4.96 Å². The molecule has 148 valence electrons. The van der Waals surface area contributed by atoms with Gasteiger partial charge in [0.2, 0.25) is 10.0 Å². The summed E-state index contributed by atoms with van der Waals surface area (Å²) in [7, 11) is -0.772. The number of esters is 1. The molecule has 0 bridgehead atoms. The maximum Gasteiger partial charge on any atom is 0.312 e. The van der Waals surface area contributed by atoms with Crippen LogP contribution >= 0.6 is 11.3 Å². The Bertz CT molecular complexity index is 1090. The molecule has 0 aliphatic carbocycles. The van der Waals surface area contributed by atoms with Crippen LogP contribution in [0.2, 0.25) is 0 Å². The van der Waals surface area contributed by atoms with Gasteiger partial charge in [0.1, 0.15) is 0 Å². The second-order valence-electron chi connectivity index (χ2n) is 6.03. The van der Waals surface area contributed by atoms with Gasteiger partial charge in [0, 0.05) is 37.6 Å². The van der Waals surface area contributed by atoms with Gasteiger partial charge in [-0.3, -0.25) is 14.0 Å². The number of thiazole rings is 1. The van der Waals surface area contributed by atoms with Gasteiger partial charge in [-0.2, -0.15) is 0 Å². The third kappa shape index (κ3) is 4.55. The molecule has 0 radical (unpaired) electrons. The Labute approximate surface area is 165 Å². The van der Waals surface area contributed by atoms with E-state index in [9.17, 15) is 18.0 Å². The second kappa shape index (κ2) is 8.09. The summed E-state index contributed by atoms with van der Waals surface area (Å²) in [5, 5.41) is 4.40. The van der Waals surface area contributed by atoms with E-state index in [1.165, 1.54) is 43.6 Å². The van der Waals surface area contributed by atoms with Crippen LogP contribution in [-0.2, 0) is 30.8 Å². The van der Waals surface area contributed by atoms with Crippen molar-refractivity contribution >= 4 is 43.9 Å². The number of imidazole rings is 1. The van der Waals surface area contributed by atoms with Crippen molar-refractivity contribution < 1.29 is 22.7 Å². The molecule has 1 amide bonds. The van der Waals surface area contributed by atoms with Crippen molar-refractivity contribution in [2.24, 2.45) is 0 Å². The van der Waals surface area contributed by atoms with Crippen molar-refractivity contribution in [2.45, 2.75) is 11.3 Å². The number of ether oxygens (including phenoxy) is 1. The lowest BCUT2D eigenvalue weighted by molar-refractivity contribution is -0.146. The van der Waals surface area contributed by atoms with Gasteiger partial charge in [0.05, 0.1) is 17.0 Å². The number of amides is 1. The number of anilines is 1. The molecule has 0 saturated carbocycles. The van der Waals surface area contributed by atoms with E-state index in [4.69, 9.17) is 4.74 Å². The monoisotopic (exact) mass is 422 g/mol. The number of rotatable bonds is 7. The molecule has 3 aromatic rings.